The van der Waals surface area contributed by atoms with Gasteiger partial charge in [-0.3, -0.25) is 9.69 Å². The highest BCUT2D eigenvalue weighted by molar-refractivity contribution is 5.94. The first-order valence-electron chi connectivity index (χ1n) is 6.15. The third-order valence-corrected chi connectivity index (χ3v) is 3.16. The maximum absolute atomic E-state index is 12.1. The lowest BCUT2D eigenvalue weighted by Crippen LogP contribution is -2.47. The fourth-order valence-corrected chi connectivity index (χ4v) is 2.01. The molecule has 0 radical (unpaired) electrons. The second-order valence-corrected chi connectivity index (χ2v) is 4.50. The van der Waals surface area contributed by atoms with Crippen molar-refractivity contribution in [2.45, 2.75) is 0 Å². The van der Waals surface area contributed by atoms with Gasteiger partial charge in [-0.05, 0) is 12.1 Å². The zero-order valence-electron chi connectivity index (χ0n) is 10.6. The largest absolute Gasteiger partial charge is 0.508 e. The number of nitrogens with zero attached hydrogens (tertiary/aromatic N) is 2. The van der Waals surface area contributed by atoms with Crippen molar-refractivity contribution in [3.05, 3.63) is 24.3 Å². The first-order valence-corrected chi connectivity index (χ1v) is 6.15. The van der Waals surface area contributed by atoms with Gasteiger partial charge in [0.05, 0.1) is 6.54 Å². The van der Waals surface area contributed by atoms with Crippen LogP contribution in [-0.4, -0.2) is 55.7 Å². The normalized spacial score (nSPS) is 16.5. The number of carbonyl (C=O) groups excluding carboxylic acids is 1. The monoisotopic (exact) mass is 249 g/mol. The van der Waals surface area contributed by atoms with Gasteiger partial charge >= 0.3 is 0 Å². The summed E-state index contributed by atoms with van der Waals surface area (Å²) in [5.74, 6) is 0.219. The molecule has 98 valence electrons. The van der Waals surface area contributed by atoms with E-state index in [1.165, 1.54) is 0 Å². The maximum Gasteiger partial charge on any atom is 0.240 e. The SMILES string of the molecule is CN(C(=O)CN1CCNCC1)c1cccc(O)c1. The molecule has 0 saturated carbocycles. The lowest BCUT2D eigenvalue weighted by atomic mass is 10.2. The van der Waals surface area contributed by atoms with Crippen molar-refractivity contribution in [1.29, 1.82) is 0 Å². The number of carbonyl (C=O) groups is 1. The molecule has 18 heavy (non-hydrogen) atoms. The summed E-state index contributed by atoms with van der Waals surface area (Å²) < 4.78 is 0. The second-order valence-electron chi connectivity index (χ2n) is 4.50. The molecule has 0 aromatic heterocycles. The van der Waals surface area contributed by atoms with Crippen LogP contribution in [0.2, 0.25) is 0 Å². The minimum absolute atomic E-state index is 0.0440. The van der Waals surface area contributed by atoms with Gasteiger partial charge < -0.3 is 15.3 Å². The molecule has 2 rings (SSSR count). The molecule has 2 N–H and O–H groups in total. The number of likely N-dealkylation sites (N-methyl/N-ethyl adjacent to an activating group) is 1. The third-order valence-electron chi connectivity index (χ3n) is 3.16. The Morgan fingerprint density at radius 2 is 2.17 bits per heavy atom. The molecule has 0 atom stereocenters. The van der Waals surface area contributed by atoms with Gasteiger partial charge in [-0.15, -0.1) is 0 Å². The van der Waals surface area contributed by atoms with E-state index < -0.39 is 0 Å². The Kier molecular flexibility index (Phi) is 4.17. The number of piperazine rings is 1. The molecule has 1 aromatic carbocycles. The van der Waals surface area contributed by atoms with E-state index in [1.807, 2.05) is 6.07 Å². The number of benzene rings is 1. The van der Waals surface area contributed by atoms with Crippen LogP contribution in [0, 0.1) is 0 Å². The van der Waals surface area contributed by atoms with Gasteiger partial charge in [-0.25, -0.2) is 0 Å². The van der Waals surface area contributed by atoms with Crippen LogP contribution in [0.5, 0.6) is 5.75 Å². The van der Waals surface area contributed by atoms with Crippen molar-refractivity contribution in [2.75, 3.05) is 44.7 Å². The van der Waals surface area contributed by atoms with E-state index in [4.69, 9.17) is 0 Å². The van der Waals surface area contributed by atoms with Crippen molar-refractivity contribution in [3.8, 4) is 5.75 Å². The molecule has 0 bridgehead atoms. The molecule has 0 aliphatic carbocycles. The van der Waals surface area contributed by atoms with Crippen LogP contribution >= 0.6 is 0 Å². The lowest BCUT2D eigenvalue weighted by Gasteiger charge is -2.28. The van der Waals surface area contributed by atoms with Crippen molar-refractivity contribution < 1.29 is 9.90 Å². The topological polar surface area (TPSA) is 55.8 Å². The molecule has 1 aliphatic rings. The molecule has 0 unspecified atom stereocenters. The fraction of sp³-hybridized carbons (Fsp3) is 0.462. The molecule has 0 spiro atoms. The average Bonchev–Trinajstić information content (AvgIpc) is 2.39. The van der Waals surface area contributed by atoms with Gasteiger partial charge in [0, 0.05) is 45.0 Å². The number of hydrogen-bond acceptors (Lipinski definition) is 4. The van der Waals surface area contributed by atoms with Crippen LogP contribution in [0.15, 0.2) is 24.3 Å². The number of amides is 1. The van der Waals surface area contributed by atoms with Gasteiger partial charge in [0.25, 0.3) is 0 Å². The van der Waals surface area contributed by atoms with E-state index in [1.54, 1.807) is 30.1 Å². The predicted octanol–water partition coefficient (Wildman–Crippen LogP) is 0.260. The van der Waals surface area contributed by atoms with Crippen LogP contribution in [0.1, 0.15) is 0 Å². The average molecular weight is 249 g/mol. The van der Waals surface area contributed by atoms with E-state index >= 15 is 0 Å². The van der Waals surface area contributed by atoms with Crippen molar-refractivity contribution >= 4 is 11.6 Å². The Morgan fingerprint density at radius 3 is 2.83 bits per heavy atom. The summed E-state index contributed by atoms with van der Waals surface area (Å²) in [7, 11) is 1.74. The van der Waals surface area contributed by atoms with E-state index in [-0.39, 0.29) is 11.7 Å². The summed E-state index contributed by atoms with van der Waals surface area (Å²) in [6.45, 7) is 4.10. The van der Waals surface area contributed by atoms with E-state index in [9.17, 15) is 9.90 Å². The maximum atomic E-state index is 12.1. The number of hydrogen-bond donors (Lipinski definition) is 2. The van der Waals surface area contributed by atoms with Crippen molar-refractivity contribution in [3.63, 3.8) is 0 Å². The number of anilines is 1. The van der Waals surface area contributed by atoms with E-state index in [0.29, 0.717) is 6.54 Å². The fourth-order valence-electron chi connectivity index (χ4n) is 2.01. The Morgan fingerprint density at radius 1 is 1.44 bits per heavy atom. The molecule has 1 fully saturated rings. The summed E-state index contributed by atoms with van der Waals surface area (Å²) in [5, 5.41) is 12.7. The number of rotatable bonds is 3. The molecule has 1 aromatic rings. The van der Waals surface area contributed by atoms with Crippen LogP contribution in [-0.2, 0) is 4.79 Å². The molecule has 5 heteroatoms. The minimum atomic E-state index is 0.0440. The lowest BCUT2D eigenvalue weighted by molar-refractivity contribution is -0.119. The van der Waals surface area contributed by atoms with Gasteiger partial charge in [0.1, 0.15) is 5.75 Å². The number of nitrogens with one attached hydrogen (secondary N) is 1. The van der Waals surface area contributed by atoms with Crippen molar-refractivity contribution in [2.24, 2.45) is 0 Å². The summed E-state index contributed by atoms with van der Waals surface area (Å²) in [6.07, 6.45) is 0. The number of phenols is 1. The van der Waals surface area contributed by atoms with Crippen molar-refractivity contribution in [1.82, 2.24) is 10.2 Å². The Bertz CT molecular complexity index is 416. The summed E-state index contributed by atoms with van der Waals surface area (Å²) >= 11 is 0. The molecule has 1 saturated heterocycles. The smallest absolute Gasteiger partial charge is 0.240 e. The van der Waals surface area contributed by atoms with Crippen LogP contribution in [0.3, 0.4) is 0 Å². The van der Waals surface area contributed by atoms with Crippen LogP contribution < -0.4 is 10.2 Å². The predicted molar refractivity (Wildman–Crippen MR) is 70.8 cm³/mol. The molecule has 1 aliphatic heterocycles. The molecular weight excluding hydrogens is 230 g/mol. The second kappa shape index (κ2) is 5.84. The molecule has 1 amide bonds. The Labute approximate surface area is 107 Å². The zero-order valence-corrected chi connectivity index (χ0v) is 10.6. The molecule has 5 nitrogen and oxygen atoms in total. The third kappa shape index (κ3) is 3.21. The van der Waals surface area contributed by atoms with Gasteiger partial charge in [0.15, 0.2) is 0 Å². The highest BCUT2D eigenvalue weighted by Crippen LogP contribution is 2.19. The summed E-state index contributed by atoms with van der Waals surface area (Å²) in [6, 6.07) is 6.74. The van der Waals surface area contributed by atoms with Gasteiger partial charge in [-0.2, -0.15) is 0 Å². The molecule has 1 heterocycles. The molecular formula is C13H19N3O2. The van der Waals surface area contributed by atoms with E-state index in [2.05, 4.69) is 10.2 Å². The first-order chi connectivity index (χ1) is 8.66. The first kappa shape index (κ1) is 12.9. The van der Waals surface area contributed by atoms with Crippen LogP contribution in [0.4, 0.5) is 5.69 Å². The quantitative estimate of drug-likeness (QED) is 0.807. The van der Waals surface area contributed by atoms with Gasteiger partial charge in [0.2, 0.25) is 5.91 Å². The minimum Gasteiger partial charge on any atom is -0.508 e. The Hall–Kier alpha value is -1.59. The standard InChI is InChI=1S/C13H19N3O2/c1-15(11-3-2-4-12(17)9-11)13(18)10-16-7-5-14-6-8-16/h2-4,9,14,17H,5-8,10H2,1H3. The van der Waals surface area contributed by atoms with Crippen LogP contribution in [0.25, 0.3) is 0 Å². The Balaban J connectivity index is 1.95. The number of aromatic hydroxyl groups is 1. The highest BCUT2D eigenvalue weighted by Gasteiger charge is 2.17. The summed E-state index contributed by atoms with van der Waals surface area (Å²) in [4.78, 5) is 15.8. The summed E-state index contributed by atoms with van der Waals surface area (Å²) in [5.41, 5.74) is 0.718. The van der Waals surface area contributed by atoms with E-state index in [0.717, 1.165) is 31.9 Å². The highest BCUT2D eigenvalue weighted by atomic mass is 16.3. The number of phenolic OH excluding ortho intramolecular Hbond substituents is 1. The zero-order chi connectivity index (χ0) is 13.0. The van der Waals surface area contributed by atoms with Gasteiger partial charge in [-0.1, -0.05) is 6.07 Å².